The average Bonchev–Trinajstić information content (AvgIpc) is 2.48. The van der Waals surface area contributed by atoms with Crippen LogP contribution in [0.3, 0.4) is 0 Å². The SMILES string of the molecule is Cn1cnc(-c2cccc(F)c2)c1Br. The minimum Gasteiger partial charge on any atom is -0.328 e. The van der Waals surface area contributed by atoms with Crippen LogP contribution in [0, 0.1) is 5.82 Å². The van der Waals surface area contributed by atoms with E-state index >= 15 is 0 Å². The van der Waals surface area contributed by atoms with Gasteiger partial charge in [0.05, 0.1) is 6.33 Å². The molecule has 1 aromatic carbocycles. The molecule has 0 fully saturated rings. The summed E-state index contributed by atoms with van der Waals surface area (Å²) in [5.41, 5.74) is 1.53. The Morgan fingerprint density at radius 1 is 1.43 bits per heavy atom. The van der Waals surface area contributed by atoms with E-state index in [1.165, 1.54) is 12.1 Å². The Labute approximate surface area is 89.5 Å². The van der Waals surface area contributed by atoms with E-state index in [1.54, 1.807) is 12.4 Å². The lowest BCUT2D eigenvalue weighted by molar-refractivity contribution is 0.628. The van der Waals surface area contributed by atoms with Gasteiger partial charge >= 0.3 is 0 Å². The Bertz CT molecular complexity index is 465. The molecule has 0 aliphatic rings. The van der Waals surface area contributed by atoms with Crippen molar-refractivity contribution in [2.45, 2.75) is 0 Å². The molecule has 0 amide bonds. The number of rotatable bonds is 1. The van der Waals surface area contributed by atoms with Gasteiger partial charge in [-0.3, -0.25) is 0 Å². The Hall–Kier alpha value is -1.16. The third kappa shape index (κ3) is 1.57. The average molecular weight is 255 g/mol. The highest BCUT2D eigenvalue weighted by atomic mass is 79.9. The highest BCUT2D eigenvalue weighted by Gasteiger charge is 2.08. The highest BCUT2D eigenvalue weighted by Crippen LogP contribution is 2.26. The first kappa shape index (κ1) is 9.40. The van der Waals surface area contributed by atoms with Gasteiger partial charge in [-0.25, -0.2) is 9.37 Å². The fourth-order valence-corrected chi connectivity index (χ4v) is 1.67. The molecule has 2 rings (SSSR count). The van der Waals surface area contributed by atoms with Gasteiger partial charge in [0.25, 0.3) is 0 Å². The maximum Gasteiger partial charge on any atom is 0.123 e. The van der Waals surface area contributed by atoms with Crippen molar-refractivity contribution in [1.82, 2.24) is 9.55 Å². The van der Waals surface area contributed by atoms with E-state index in [-0.39, 0.29) is 5.82 Å². The van der Waals surface area contributed by atoms with Gasteiger partial charge < -0.3 is 4.57 Å². The number of aryl methyl sites for hydroxylation is 1. The predicted molar refractivity (Wildman–Crippen MR) is 56.3 cm³/mol. The zero-order valence-electron chi connectivity index (χ0n) is 7.54. The number of hydrogen-bond donors (Lipinski definition) is 0. The molecule has 0 aliphatic heterocycles. The van der Waals surface area contributed by atoms with Gasteiger partial charge in [-0.15, -0.1) is 0 Å². The molecule has 0 radical (unpaired) electrons. The van der Waals surface area contributed by atoms with Crippen LogP contribution in [0.15, 0.2) is 35.2 Å². The van der Waals surface area contributed by atoms with Crippen LogP contribution in [0.2, 0.25) is 0 Å². The lowest BCUT2D eigenvalue weighted by Gasteiger charge is -1.98. The first-order chi connectivity index (χ1) is 6.68. The number of benzene rings is 1. The van der Waals surface area contributed by atoms with Crippen LogP contribution in [0.5, 0.6) is 0 Å². The fraction of sp³-hybridized carbons (Fsp3) is 0.100. The molecule has 1 aromatic heterocycles. The zero-order chi connectivity index (χ0) is 10.1. The van der Waals surface area contributed by atoms with Crippen molar-refractivity contribution in [3.63, 3.8) is 0 Å². The van der Waals surface area contributed by atoms with Crippen molar-refractivity contribution in [2.24, 2.45) is 7.05 Å². The number of aromatic nitrogens is 2. The minimum atomic E-state index is -0.250. The summed E-state index contributed by atoms with van der Waals surface area (Å²) < 4.78 is 15.6. The molecule has 1 heterocycles. The van der Waals surface area contributed by atoms with E-state index in [1.807, 2.05) is 17.7 Å². The van der Waals surface area contributed by atoms with Gasteiger partial charge in [0.2, 0.25) is 0 Å². The van der Waals surface area contributed by atoms with Crippen LogP contribution >= 0.6 is 15.9 Å². The van der Waals surface area contributed by atoms with Gasteiger partial charge in [0, 0.05) is 12.6 Å². The van der Waals surface area contributed by atoms with Gasteiger partial charge in [0.15, 0.2) is 0 Å². The van der Waals surface area contributed by atoms with Crippen LogP contribution in [0.1, 0.15) is 0 Å². The molecule has 0 bridgehead atoms. The lowest BCUT2D eigenvalue weighted by Crippen LogP contribution is -1.85. The maximum absolute atomic E-state index is 12.9. The molecule has 0 N–H and O–H groups in total. The minimum absolute atomic E-state index is 0.250. The Morgan fingerprint density at radius 2 is 2.21 bits per heavy atom. The van der Waals surface area contributed by atoms with E-state index in [2.05, 4.69) is 20.9 Å². The highest BCUT2D eigenvalue weighted by molar-refractivity contribution is 9.10. The lowest BCUT2D eigenvalue weighted by atomic mass is 10.2. The molecule has 0 unspecified atom stereocenters. The summed E-state index contributed by atoms with van der Waals surface area (Å²) in [4.78, 5) is 4.18. The van der Waals surface area contributed by atoms with Crippen LogP contribution in [-0.2, 0) is 7.05 Å². The van der Waals surface area contributed by atoms with Crippen LogP contribution in [0.25, 0.3) is 11.3 Å². The summed E-state index contributed by atoms with van der Waals surface area (Å²) in [5, 5.41) is 0. The van der Waals surface area contributed by atoms with Crippen molar-refractivity contribution < 1.29 is 4.39 Å². The standard InChI is InChI=1S/C10H8BrFN2/c1-14-6-13-9(10(14)11)7-3-2-4-8(12)5-7/h2-6H,1H3. The second-order valence-corrected chi connectivity index (χ2v) is 3.76. The Morgan fingerprint density at radius 3 is 2.79 bits per heavy atom. The summed E-state index contributed by atoms with van der Waals surface area (Å²) in [6.45, 7) is 0. The van der Waals surface area contributed by atoms with E-state index < -0.39 is 0 Å². The number of halogens is 2. The first-order valence-corrected chi connectivity index (χ1v) is 4.90. The topological polar surface area (TPSA) is 17.8 Å². The molecule has 0 atom stereocenters. The van der Waals surface area contributed by atoms with Crippen molar-refractivity contribution in [3.8, 4) is 11.3 Å². The van der Waals surface area contributed by atoms with Gasteiger partial charge in [-0.1, -0.05) is 12.1 Å². The van der Waals surface area contributed by atoms with Gasteiger partial charge in [-0.05, 0) is 28.1 Å². The number of imidazole rings is 1. The molecule has 2 aromatic rings. The molecule has 2 nitrogen and oxygen atoms in total. The third-order valence-corrected chi connectivity index (χ3v) is 2.90. The summed E-state index contributed by atoms with van der Waals surface area (Å²) in [6.07, 6.45) is 1.68. The van der Waals surface area contributed by atoms with Crippen molar-refractivity contribution in [3.05, 3.63) is 41.0 Å². The fourth-order valence-electron chi connectivity index (χ4n) is 1.24. The van der Waals surface area contributed by atoms with Gasteiger partial charge in [-0.2, -0.15) is 0 Å². The molecule has 0 spiro atoms. The Kier molecular flexibility index (Phi) is 2.37. The molecule has 0 saturated carbocycles. The predicted octanol–water partition coefficient (Wildman–Crippen LogP) is 2.99. The normalized spacial score (nSPS) is 10.5. The molecule has 0 saturated heterocycles. The second-order valence-electron chi connectivity index (χ2n) is 3.01. The first-order valence-electron chi connectivity index (χ1n) is 4.11. The van der Waals surface area contributed by atoms with E-state index in [0.29, 0.717) is 0 Å². The molecule has 4 heteroatoms. The van der Waals surface area contributed by atoms with Crippen molar-refractivity contribution in [2.75, 3.05) is 0 Å². The zero-order valence-corrected chi connectivity index (χ0v) is 9.12. The third-order valence-electron chi connectivity index (χ3n) is 1.96. The molecular weight excluding hydrogens is 247 g/mol. The van der Waals surface area contributed by atoms with E-state index in [4.69, 9.17) is 0 Å². The van der Waals surface area contributed by atoms with E-state index in [0.717, 1.165) is 15.9 Å². The molecule has 72 valence electrons. The van der Waals surface area contributed by atoms with Crippen LogP contribution < -0.4 is 0 Å². The van der Waals surface area contributed by atoms with Gasteiger partial charge in [0.1, 0.15) is 16.1 Å². The summed E-state index contributed by atoms with van der Waals surface area (Å²) in [5.74, 6) is -0.250. The quantitative estimate of drug-likeness (QED) is 0.765. The van der Waals surface area contributed by atoms with E-state index in [9.17, 15) is 4.39 Å². The molecule has 0 aliphatic carbocycles. The van der Waals surface area contributed by atoms with Crippen LogP contribution in [0.4, 0.5) is 4.39 Å². The maximum atomic E-state index is 12.9. The Balaban J connectivity index is 2.55. The van der Waals surface area contributed by atoms with Crippen molar-refractivity contribution in [1.29, 1.82) is 0 Å². The summed E-state index contributed by atoms with van der Waals surface area (Å²) >= 11 is 3.39. The number of hydrogen-bond acceptors (Lipinski definition) is 1. The largest absolute Gasteiger partial charge is 0.328 e. The molecular formula is C10H8BrFN2. The van der Waals surface area contributed by atoms with Crippen LogP contribution in [-0.4, -0.2) is 9.55 Å². The summed E-state index contributed by atoms with van der Waals surface area (Å²) in [7, 11) is 1.87. The second kappa shape index (κ2) is 3.53. The smallest absolute Gasteiger partial charge is 0.123 e. The monoisotopic (exact) mass is 254 g/mol. The number of nitrogens with zero attached hydrogens (tertiary/aromatic N) is 2. The summed E-state index contributed by atoms with van der Waals surface area (Å²) in [6, 6.07) is 6.38. The van der Waals surface area contributed by atoms with Crippen molar-refractivity contribution >= 4 is 15.9 Å². The molecule has 14 heavy (non-hydrogen) atoms.